The first kappa shape index (κ1) is 17.7. The minimum atomic E-state index is -4.71. The van der Waals surface area contributed by atoms with E-state index in [1.807, 2.05) is 0 Å². The minimum absolute atomic E-state index is 0.0512. The van der Waals surface area contributed by atoms with Crippen LogP contribution in [0.1, 0.15) is 11.5 Å². The smallest absolute Gasteiger partial charge is 0.433 e. The molecule has 28 heavy (non-hydrogen) atoms. The molecule has 12 heteroatoms. The molecule has 144 valence electrons. The Bertz CT molecular complexity index is 1100. The maximum Gasteiger partial charge on any atom is 0.433 e. The van der Waals surface area contributed by atoms with Crippen molar-refractivity contribution in [3.63, 3.8) is 0 Å². The summed E-state index contributed by atoms with van der Waals surface area (Å²) >= 11 is 0. The summed E-state index contributed by atoms with van der Waals surface area (Å²) in [4.78, 5) is 3.99. The molecule has 3 aromatic rings. The average molecular weight is 390 g/mol. The standard InChI is InChI=1S/C16H13F3N8O/c1-28-11-5-3-2-4-9(11)10-6-12(16(17,18)19)26(25-10)15-24-23-13(20)7-14-21-8-22-27(14)15/h2-6,8H,7H2,1H3,(H2,20,23). The second-order valence-corrected chi connectivity index (χ2v) is 5.78. The van der Waals surface area contributed by atoms with Gasteiger partial charge in [0.05, 0.1) is 19.2 Å². The van der Waals surface area contributed by atoms with Gasteiger partial charge in [-0.1, -0.05) is 12.1 Å². The maximum atomic E-state index is 13.7. The normalized spacial score (nSPS) is 14.1. The van der Waals surface area contributed by atoms with Crippen molar-refractivity contribution in [1.29, 1.82) is 0 Å². The van der Waals surface area contributed by atoms with E-state index < -0.39 is 11.9 Å². The molecule has 0 fully saturated rings. The van der Waals surface area contributed by atoms with Gasteiger partial charge in [0, 0.05) is 5.56 Å². The van der Waals surface area contributed by atoms with E-state index in [-0.39, 0.29) is 23.9 Å². The Morgan fingerprint density at radius 1 is 1.14 bits per heavy atom. The zero-order chi connectivity index (χ0) is 19.9. The van der Waals surface area contributed by atoms with Crippen LogP contribution in [0.2, 0.25) is 0 Å². The molecule has 2 aromatic heterocycles. The molecule has 0 amide bonds. The van der Waals surface area contributed by atoms with Gasteiger partial charge in [-0.15, -0.1) is 10.2 Å². The minimum Gasteiger partial charge on any atom is -0.496 e. The number of rotatable bonds is 2. The zero-order valence-electron chi connectivity index (χ0n) is 14.4. The van der Waals surface area contributed by atoms with Crippen molar-refractivity contribution in [3.8, 4) is 17.0 Å². The van der Waals surface area contributed by atoms with Gasteiger partial charge >= 0.3 is 6.18 Å². The van der Waals surface area contributed by atoms with Crippen molar-refractivity contribution in [2.45, 2.75) is 12.6 Å². The molecule has 0 unspecified atom stereocenters. The summed E-state index contributed by atoms with van der Waals surface area (Å²) < 4.78 is 48.2. The van der Waals surface area contributed by atoms with Crippen LogP contribution in [0.15, 0.2) is 46.9 Å². The van der Waals surface area contributed by atoms with Gasteiger partial charge in [0.2, 0.25) is 0 Å². The van der Waals surface area contributed by atoms with E-state index in [4.69, 9.17) is 10.5 Å². The lowest BCUT2D eigenvalue weighted by Crippen LogP contribution is -2.29. The molecule has 0 saturated carbocycles. The van der Waals surface area contributed by atoms with Crippen LogP contribution in [-0.2, 0) is 12.6 Å². The predicted molar refractivity (Wildman–Crippen MR) is 92.8 cm³/mol. The van der Waals surface area contributed by atoms with Gasteiger partial charge in [-0.2, -0.15) is 32.7 Å². The Kier molecular flexibility index (Phi) is 4.09. The van der Waals surface area contributed by atoms with Crippen LogP contribution in [0.25, 0.3) is 11.3 Å². The summed E-state index contributed by atoms with van der Waals surface area (Å²) in [5, 5.41) is 15.6. The monoisotopic (exact) mass is 390 g/mol. The van der Waals surface area contributed by atoms with Crippen LogP contribution in [0.5, 0.6) is 5.75 Å². The van der Waals surface area contributed by atoms with Gasteiger partial charge < -0.3 is 10.5 Å². The van der Waals surface area contributed by atoms with Crippen molar-refractivity contribution in [2.75, 3.05) is 7.11 Å². The third-order valence-electron chi connectivity index (χ3n) is 3.99. The summed E-state index contributed by atoms with van der Waals surface area (Å²) in [6, 6.07) is 7.53. The lowest BCUT2D eigenvalue weighted by molar-refractivity contribution is -0.142. The van der Waals surface area contributed by atoms with Gasteiger partial charge in [-0.05, 0) is 18.2 Å². The third-order valence-corrected chi connectivity index (χ3v) is 3.99. The van der Waals surface area contributed by atoms with Crippen LogP contribution >= 0.6 is 0 Å². The second kappa shape index (κ2) is 6.48. The van der Waals surface area contributed by atoms with E-state index in [2.05, 4.69) is 25.4 Å². The van der Waals surface area contributed by atoms with E-state index in [1.54, 1.807) is 24.3 Å². The molecule has 0 radical (unpaired) electrons. The summed E-state index contributed by atoms with van der Waals surface area (Å²) in [5.74, 6) is 0.476. The first-order valence-electron chi connectivity index (χ1n) is 7.99. The highest BCUT2D eigenvalue weighted by Gasteiger charge is 2.38. The Hall–Kier alpha value is -3.70. The molecule has 9 nitrogen and oxygen atoms in total. The molecule has 4 rings (SSSR count). The molecule has 1 aliphatic rings. The van der Waals surface area contributed by atoms with Crippen LogP contribution in [-0.4, -0.2) is 43.4 Å². The van der Waals surface area contributed by atoms with Crippen molar-refractivity contribution in [1.82, 2.24) is 24.5 Å². The van der Waals surface area contributed by atoms with Gasteiger partial charge in [0.15, 0.2) is 5.69 Å². The van der Waals surface area contributed by atoms with E-state index in [9.17, 15) is 13.2 Å². The first-order chi connectivity index (χ1) is 13.4. The quantitative estimate of drug-likeness (QED) is 0.717. The molecule has 2 N–H and O–H groups in total. The van der Waals surface area contributed by atoms with E-state index >= 15 is 0 Å². The molecule has 0 spiro atoms. The Morgan fingerprint density at radius 3 is 2.68 bits per heavy atom. The number of nitrogens with two attached hydrogens (primary N) is 1. The van der Waals surface area contributed by atoms with E-state index in [0.717, 1.165) is 10.7 Å². The van der Waals surface area contributed by atoms with Gasteiger partial charge in [0.1, 0.15) is 23.7 Å². The topological polar surface area (TPSA) is 108 Å². The van der Waals surface area contributed by atoms with Crippen molar-refractivity contribution in [2.24, 2.45) is 15.9 Å². The van der Waals surface area contributed by atoms with Crippen molar-refractivity contribution < 1.29 is 17.9 Å². The first-order valence-corrected chi connectivity index (χ1v) is 7.99. The fraction of sp³-hybridized carbons (Fsp3) is 0.188. The highest BCUT2D eigenvalue weighted by atomic mass is 19.4. The Balaban J connectivity index is 1.94. The molecule has 0 saturated heterocycles. The fourth-order valence-electron chi connectivity index (χ4n) is 2.76. The number of aromatic nitrogens is 5. The molecular formula is C16H13F3N8O. The molecular weight excluding hydrogens is 377 g/mol. The number of para-hydroxylation sites is 1. The summed E-state index contributed by atoms with van der Waals surface area (Å²) in [7, 11) is 1.43. The van der Waals surface area contributed by atoms with Crippen LogP contribution in [0.4, 0.5) is 13.2 Å². The molecule has 0 bridgehead atoms. The van der Waals surface area contributed by atoms with Gasteiger partial charge in [-0.3, -0.25) is 0 Å². The summed E-state index contributed by atoms with van der Waals surface area (Å²) in [6.07, 6.45) is -3.42. The Labute approximate surface area is 156 Å². The average Bonchev–Trinajstić information content (AvgIpc) is 3.27. The number of fused-ring (bicyclic) bond motifs is 1. The summed E-state index contributed by atoms with van der Waals surface area (Å²) in [6.45, 7) is 0. The number of methoxy groups -OCH3 is 1. The second-order valence-electron chi connectivity index (χ2n) is 5.78. The summed E-state index contributed by atoms with van der Waals surface area (Å²) in [5.41, 5.74) is 5.09. The van der Waals surface area contributed by atoms with Gasteiger partial charge in [-0.25, -0.2) is 4.98 Å². The highest BCUT2D eigenvalue weighted by Crippen LogP contribution is 2.35. The fourth-order valence-corrected chi connectivity index (χ4v) is 2.76. The number of hydrogen-bond acceptors (Lipinski definition) is 7. The molecule has 1 aromatic carbocycles. The number of alkyl halides is 3. The lowest BCUT2D eigenvalue weighted by atomic mass is 10.1. The number of hydrogen-bond donors (Lipinski definition) is 1. The third kappa shape index (κ3) is 2.98. The predicted octanol–water partition coefficient (Wildman–Crippen LogP) is 1.75. The Morgan fingerprint density at radius 2 is 1.93 bits per heavy atom. The maximum absolute atomic E-state index is 13.7. The molecule has 3 heterocycles. The number of amidine groups is 1. The number of benzene rings is 1. The molecule has 1 aliphatic heterocycles. The van der Waals surface area contributed by atoms with Crippen LogP contribution in [0, 0.1) is 0 Å². The van der Waals surface area contributed by atoms with Crippen molar-refractivity contribution >= 4 is 11.8 Å². The SMILES string of the molecule is COc1ccccc1-c1cc(C(F)(F)F)n(C2=NN=C(N)Cc3ncnn32)n1. The molecule has 0 atom stereocenters. The van der Waals surface area contributed by atoms with E-state index in [0.29, 0.717) is 21.8 Å². The largest absolute Gasteiger partial charge is 0.496 e. The lowest BCUT2D eigenvalue weighted by Gasteiger charge is -2.11. The zero-order valence-corrected chi connectivity index (χ0v) is 14.4. The van der Waals surface area contributed by atoms with Crippen LogP contribution in [0.3, 0.4) is 0 Å². The van der Waals surface area contributed by atoms with Gasteiger partial charge in [0.25, 0.3) is 5.96 Å². The van der Waals surface area contributed by atoms with Crippen LogP contribution < -0.4 is 10.5 Å². The molecule has 0 aliphatic carbocycles. The number of nitrogens with zero attached hydrogens (tertiary/aromatic N) is 7. The number of halogens is 3. The van der Waals surface area contributed by atoms with E-state index in [1.165, 1.54) is 13.4 Å². The van der Waals surface area contributed by atoms with Crippen molar-refractivity contribution in [3.05, 3.63) is 48.2 Å². The number of ether oxygens (including phenoxy) is 1. The highest BCUT2D eigenvalue weighted by molar-refractivity contribution is 5.90.